The molecule has 0 saturated carbocycles. The van der Waals surface area contributed by atoms with Gasteiger partial charge in [0.1, 0.15) is 0 Å². The van der Waals surface area contributed by atoms with Crippen molar-refractivity contribution in [1.82, 2.24) is 10.4 Å². The van der Waals surface area contributed by atoms with Crippen LogP contribution in [0.4, 0.5) is 5.69 Å². The van der Waals surface area contributed by atoms with Crippen molar-refractivity contribution in [2.24, 2.45) is 0 Å². The van der Waals surface area contributed by atoms with E-state index in [1.54, 1.807) is 4.90 Å². The number of amides is 4. The highest BCUT2D eigenvalue weighted by molar-refractivity contribution is 6.01. The van der Waals surface area contributed by atoms with Crippen LogP contribution >= 0.6 is 0 Å². The van der Waals surface area contributed by atoms with Gasteiger partial charge in [0, 0.05) is 32.2 Å². The zero-order valence-electron chi connectivity index (χ0n) is 22.7. The molecule has 11 heteroatoms. The lowest BCUT2D eigenvalue weighted by Gasteiger charge is -2.27. The van der Waals surface area contributed by atoms with Gasteiger partial charge < -0.3 is 24.5 Å². The number of carbonyl (C=O) groups excluding carboxylic acids is 5. The molecule has 0 spiro atoms. The summed E-state index contributed by atoms with van der Waals surface area (Å²) in [6, 6.07) is 15.6. The lowest BCUT2D eigenvalue weighted by Crippen LogP contribution is -2.33. The van der Waals surface area contributed by atoms with Crippen LogP contribution in [0.3, 0.4) is 0 Å². The van der Waals surface area contributed by atoms with Gasteiger partial charge in [0.15, 0.2) is 0 Å². The molecule has 1 saturated heterocycles. The largest absolute Gasteiger partial charge is 0.378 e. The van der Waals surface area contributed by atoms with Gasteiger partial charge in [-0.15, -0.1) is 5.06 Å². The smallest absolute Gasteiger partial charge is 0.335 e. The summed E-state index contributed by atoms with van der Waals surface area (Å²) in [6.45, 7) is 1.47. The Hall–Kier alpha value is -4.35. The minimum Gasteiger partial charge on any atom is -0.378 e. The Kier molecular flexibility index (Phi) is 10.7. The van der Waals surface area contributed by atoms with E-state index in [0.717, 1.165) is 22.4 Å². The fraction of sp³-hybridized carbons (Fsp3) is 0.367. The van der Waals surface area contributed by atoms with Crippen LogP contribution in [0.5, 0.6) is 0 Å². The van der Waals surface area contributed by atoms with Gasteiger partial charge in [0.25, 0.3) is 11.8 Å². The molecule has 2 aliphatic rings. The molecule has 2 aliphatic heterocycles. The lowest BCUT2D eigenvalue weighted by atomic mass is 10.0. The highest BCUT2D eigenvalue weighted by Gasteiger charge is 2.32. The molecule has 0 bridgehead atoms. The SMILES string of the molecule is O=C(CCC(=O)N1Cc2ccccc2/C=C\c2ccccc21)NCCOCCOCCC(=O)ON1C(=O)CCC1=O. The molecule has 41 heavy (non-hydrogen) atoms. The van der Waals surface area contributed by atoms with Crippen LogP contribution in [-0.2, 0) is 44.8 Å². The molecule has 0 unspecified atom stereocenters. The first-order valence-electron chi connectivity index (χ1n) is 13.6. The Balaban J connectivity index is 1.09. The average molecular weight is 564 g/mol. The number of benzene rings is 2. The molecule has 4 amide bonds. The maximum absolute atomic E-state index is 13.2. The number of imide groups is 1. The minimum atomic E-state index is -0.729. The van der Waals surface area contributed by atoms with Crippen molar-refractivity contribution < 1.29 is 38.3 Å². The van der Waals surface area contributed by atoms with Crippen LogP contribution in [0.15, 0.2) is 48.5 Å². The van der Waals surface area contributed by atoms with Gasteiger partial charge in [-0.1, -0.05) is 54.6 Å². The molecule has 2 aromatic carbocycles. The molecule has 11 nitrogen and oxygen atoms in total. The fourth-order valence-electron chi connectivity index (χ4n) is 4.36. The summed E-state index contributed by atoms with van der Waals surface area (Å²) in [5.74, 6) is -2.16. The molecule has 2 aromatic rings. The van der Waals surface area contributed by atoms with Crippen LogP contribution in [0.1, 0.15) is 48.8 Å². The predicted octanol–water partition coefficient (Wildman–Crippen LogP) is 2.63. The number of ether oxygens (including phenoxy) is 2. The van der Waals surface area contributed by atoms with Crippen LogP contribution in [-0.4, -0.2) is 67.6 Å². The molecule has 0 atom stereocenters. The van der Waals surface area contributed by atoms with Crippen LogP contribution in [0, 0.1) is 0 Å². The fourth-order valence-corrected chi connectivity index (χ4v) is 4.36. The summed E-state index contributed by atoms with van der Waals surface area (Å²) in [7, 11) is 0. The zero-order chi connectivity index (χ0) is 29.0. The second-order valence-electron chi connectivity index (χ2n) is 9.44. The summed E-state index contributed by atoms with van der Waals surface area (Å²) < 4.78 is 10.7. The number of fused-ring (bicyclic) bond motifs is 2. The topological polar surface area (TPSA) is 132 Å². The zero-order valence-corrected chi connectivity index (χ0v) is 22.7. The third kappa shape index (κ3) is 8.57. The van der Waals surface area contributed by atoms with E-state index in [-0.39, 0.29) is 76.9 Å². The van der Waals surface area contributed by atoms with E-state index >= 15 is 0 Å². The van der Waals surface area contributed by atoms with E-state index in [2.05, 4.69) is 11.4 Å². The first-order chi connectivity index (χ1) is 19.9. The van der Waals surface area contributed by atoms with E-state index in [1.165, 1.54) is 0 Å². The Labute approximate surface area is 238 Å². The first kappa shape index (κ1) is 29.6. The van der Waals surface area contributed by atoms with Gasteiger partial charge in [-0.2, -0.15) is 0 Å². The summed E-state index contributed by atoms with van der Waals surface area (Å²) in [4.78, 5) is 66.6. The van der Waals surface area contributed by atoms with Crippen molar-refractivity contribution in [3.05, 3.63) is 65.2 Å². The van der Waals surface area contributed by atoms with Gasteiger partial charge in [-0.3, -0.25) is 19.2 Å². The third-order valence-corrected chi connectivity index (χ3v) is 6.51. The van der Waals surface area contributed by atoms with Gasteiger partial charge in [-0.05, 0) is 22.8 Å². The van der Waals surface area contributed by atoms with Gasteiger partial charge >= 0.3 is 5.97 Å². The maximum Gasteiger partial charge on any atom is 0.335 e. The molecular weight excluding hydrogens is 530 g/mol. The normalized spacial score (nSPS) is 15.0. The van der Waals surface area contributed by atoms with E-state index in [9.17, 15) is 24.0 Å². The van der Waals surface area contributed by atoms with E-state index in [1.807, 2.05) is 54.6 Å². The standard InChI is InChI=1S/C30H33N3O8/c34-26(31-16-18-40-20-19-39-17-15-30(38)41-33-28(36)13-14-29(33)37)11-12-27(35)32-21-24-7-2-1-5-22(24)9-10-23-6-3-4-8-25(23)32/h1-10H,11-21H2,(H,31,34)/b10-9-. The highest BCUT2D eigenvalue weighted by Crippen LogP contribution is 2.29. The summed E-state index contributed by atoms with van der Waals surface area (Å²) in [6.07, 6.45) is 4.16. The van der Waals surface area contributed by atoms with Gasteiger partial charge in [0.05, 0.1) is 45.1 Å². The molecule has 4 rings (SSSR count). The van der Waals surface area contributed by atoms with E-state index in [4.69, 9.17) is 14.3 Å². The molecule has 1 fully saturated rings. The monoisotopic (exact) mass is 563 g/mol. The second kappa shape index (κ2) is 14.9. The number of hydrogen-bond acceptors (Lipinski definition) is 8. The summed E-state index contributed by atoms with van der Waals surface area (Å²) >= 11 is 0. The van der Waals surface area contributed by atoms with Crippen molar-refractivity contribution in [2.45, 2.75) is 38.6 Å². The van der Waals surface area contributed by atoms with Crippen molar-refractivity contribution >= 4 is 47.4 Å². The molecule has 0 aromatic heterocycles. The number of anilines is 1. The Morgan fingerprint density at radius 1 is 0.756 bits per heavy atom. The van der Waals surface area contributed by atoms with Crippen molar-refractivity contribution in [1.29, 1.82) is 0 Å². The number of nitrogens with zero attached hydrogens (tertiary/aromatic N) is 2. The quantitative estimate of drug-likeness (QED) is 0.291. The lowest BCUT2D eigenvalue weighted by molar-refractivity contribution is -0.198. The minimum absolute atomic E-state index is 0.0413. The van der Waals surface area contributed by atoms with Gasteiger partial charge in [0.2, 0.25) is 11.8 Å². The Bertz CT molecular complexity index is 1290. The Morgan fingerprint density at radius 3 is 2.20 bits per heavy atom. The third-order valence-electron chi connectivity index (χ3n) is 6.51. The van der Waals surface area contributed by atoms with Crippen LogP contribution in [0.25, 0.3) is 12.2 Å². The molecule has 2 heterocycles. The molecule has 0 aliphatic carbocycles. The Morgan fingerprint density at radius 2 is 1.41 bits per heavy atom. The summed E-state index contributed by atoms with van der Waals surface area (Å²) in [5, 5.41) is 3.25. The second-order valence-corrected chi connectivity index (χ2v) is 9.44. The number of para-hydroxylation sites is 1. The predicted molar refractivity (Wildman–Crippen MR) is 149 cm³/mol. The molecule has 216 valence electrons. The molecule has 0 radical (unpaired) electrons. The van der Waals surface area contributed by atoms with Crippen molar-refractivity contribution in [2.75, 3.05) is 37.9 Å². The molecular formula is C30H33N3O8. The van der Waals surface area contributed by atoms with E-state index in [0.29, 0.717) is 11.6 Å². The number of rotatable bonds is 13. The highest BCUT2D eigenvalue weighted by atomic mass is 16.7. The maximum atomic E-state index is 13.2. The number of nitrogens with one attached hydrogen (secondary N) is 1. The number of hydrogen-bond donors (Lipinski definition) is 1. The van der Waals surface area contributed by atoms with Crippen molar-refractivity contribution in [3.63, 3.8) is 0 Å². The first-order valence-corrected chi connectivity index (χ1v) is 13.6. The number of carbonyl (C=O) groups is 5. The summed E-state index contributed by atoms with van der Waals surface area (Å²) in [5.41, 5.74) is 3.84. The number of hydroxylamine groups is 2. The van der Waals surface area contributed by atoms with Gasteiger partial charge in [-0.25, -0.2) is 4.79 Å². The van der Waals surface area contributed by atoms with Crippen LogP contribution in [0.2, 0.25) is 0 Å². The van der Waals surface area contributed by atoms with Crippen LogP contribution < -0.4 is 10.2 Å². The van der Waals surface area contributed by atoms with E-state index < -0.39 is 17.8 Å². The average Bonchev–Trinajstić information content (AvgIpc) is 3.28. The van der Waals surface area contributed by atoms with Crippen molar-refractivity contribution in [3.8, 4) is 0 Å². The molecule has 1 N–H and O–H groups in total.